The average Bonchev–Trinajstić information content (AvgIpc) is 2.85. The Balaban J connectivity index is 1.94. The Hall–Kier alpha value is -3.78. The van der Waals surface area contributed by atoms with E-state index in [1.807, 2.05) is 47.6 Å². The maximum atomic E-state index is 13.9. The van der Waals surface area contributed by atoms with Crippen molar-refractivity contribution in [1.29, 1.82) is 0 Å². The van der Waals surface area contributed by atoms with Crippen LogP contribution in [0, 0.1) is 33.6 Å². The van der Waals surface area contributed by atoms with Crippen molar-refractivity contribution in [3.63, 3.8) is 0 Å². The van der Waals surface area contributed by atoms with Crippen molar-refractivity contribution in [2.75, 3.05) is 13.2 Å². The van der Waals surface area contributed by atoms with Crippen LogP contribution >= 0.6 is 0 Å². The zero-order valence-corrected chi connectivity index (χ0v) is 25.2. The molecule has 8 heteroatoms. The lowest BCUT2D eigenvalue weighted by atomic mass is 9.72. The molecule has 0 aromatic heterocycles. The molecule has 2 N–H and O–H groups in total. The number of carbonyl (C=O) groups is 3. The number of amides is 1. The number of nitrogens with two attached hydrogens (primary N) is 1. The Morgan fingerprint density at radius 2 is 1.76 bits per heavy atom. The van der Waals surface area contributed by atoms with Crippen molar-refractivity contribution in [1.82, 2.24) is 0 Å². The van der Waals surface area contributed by atoms with E-state index in [9.17, 15) is 14.4 Å². The Bertz CT molecular complexity index is 1440. The highest BCUT2D eigenvalue weighted by atomic mass is 16.5. The molecule has 4 rings (SSSR count). The van der Waals surface area contributed by atoms with Crippen LogP contribution in [0.2, 0.25) is 0 Å². The van der Waals surface area contributed by atoms with Crippen LogP contribution < -0.4 is 5.73 Å². The van der Waals surface area contributed by atoms with Gasteiger partial charge < -0.3 is 19.9 Å². The van der Waals surface area contributed by atoms with Crippen LogP contribution in [-0.4, -0.2) is 42.4 Å². The summed E-state index contributed by atoms with van der Waals surface area (Å²) in [5.74, 6) is -3.41. The predicted molar refractivity (Wildman–Crippen MR) is 157 cm³/mol. The summed E-state index contributed by atoms with van der Waals surface area (Å²) in [5.41, 5.74) is 12.2. The summed E-state index contributed by atoms with van der Waals surface area (Å²) in [4.78, 5) is 44.8. The van der Waals surface area contributed by atoms with Gasteiger partial charge in [0.15, 0.2) is 0 Å². The summed E-state index contributed by atoms with van der Waals surface area (Å²) in [6, 6.07) is 9.30. The normalized spacial score (nSPS) is 20.7. The Morgan fingerprint density at radius 1 is 1.10 bits per heavy atom. The smallest absolute Gasteiger partial charge is 0.337 e. The minimum Gasteiger partial charge on any atom is -0.465 e. The second-order valence-electron chi connectivity index (χ2n) is 11.9. The van der Waals surface area contributed by atoms with Gasteiger partial charge in [0.2, 0.25) is 5.91 Å². The first-order valence-electron chi connectivity index (χ1n) is 14.0. The first-order valence-corrected chi connectivity index (χ1v) is 14.0. The first-order chi connectivity index (χ1) is 19.2. The fraction of sp³-hybridized carbons (Fsp3) is 0.455. The molecule has 3 unspecified atom stereocenters. The molecule has 0 bridgehead atoms. The van der Waals surface area contributed by atoms with E-state index in [-0.39, 0.29) is 13.2 Å². The van der Waals surface area contributed by atoms with Crippen LogP contribution in [0.4, 0.5) is 0 Å². The fourth-order valence-electron chi connectivity index (χ4n) is 6.02. The van der Waals surface area contributed by atoms with E-state index < -0.39 is 41.4 Å². The maximum Gasteiger partial charge on any atom is 0.337 e. The molecule has 0 fully saturated rings. The first kappa shape index (κ1) is 30.2. The largest absolute Gasteiger partial charge is 0.465 e. The van der Waals surface area contributed by atoms with Gasteiger partial charge in [-0.25, -0.2) is 4.79 Å². The van der Waals surface area contributed by atoms with Crippen molar-refractivity contribution >= 4 is 23.6 Å². The van der Waals surface area contributed by atoms with E-state index in [4.69, 9.17) is 24.9 Å². The van der Waals surface area contributed by atoms with Crippen LogP contribution in [0.25, 0.3) is 0 Å². The molecule has 2 aliphatic rings. The molecule has 0 spiro atoms. The number of benzene rings is 2. The van der Waals surface area contributed by atoms with Gasteiger partial charge in [-0.15, -0.1) is 0 Å². The van der Waals surface area contributed by atoms with Crippen LogP contribution in [0.1, 0.15) is 89.9 Å². The summed E-state index contributed by atoms with van der Waals surface area (Å²) in [5, 5.41) is 0. The molecule has 2 heterocycles. The number of cyclic esters (lactones) is 1. The zero-order valence-electron chi connectivity index (χ0n) is 25.2. The van der Waals surface area contributed by atoms with Gasteiger partial charge in [0.1, 0.15) is 12.0 Å². The molecule has 0 saturated heterocycles. The van der Waals surface area contributed by atoms with Crippen molar-refractivity contribution < 1.29 is 28.6 Å². The number of rotatable bonds is 7. The lowest BCUT2D eigenvalue weighted by Crippen LogP contribution is -2.42. The number of ether oxygens (including phenoxy) is 3. The monoisotopic (exact) mass is 560 g/mol. The summed E-state index contributed by atoms with van der Waals surface area (Å²) in [6.07, 6.45) is -0.195. The summed E-state index contributed by atoms with van der Waals surface area (Å²) < 4.78 is 17.8. The number of hydrogen-bond donors (Lipinski definition) is 1. The van der Waals surface area contributed by atoms with Crippen LogP contribution in [0.3, 0.4) is 0 Å². The van der Waals surface area contributed by atoms with E-state index in [2.05, 4.69) is 12.1 Å². The third-order valence-electron chi connectivity index (χ3n) is 7.67. The van der Waals surface area contributed by atoms with Gasteiger partial charge in [0.25, 0.3) is 0 Å². The van der Waals surface area contributed by atoms with Crippen LogP contribution in [0.15, 0.2) is 46.6 Å². The van der Waals surface area contributed by atoms with Crippen molar-refractivity contribution in [3.8, 4) is 0 Å². The van der Waals surface area contributed by atoms with E-state index in [0.29, 0.717) is 40.1 Å². The van der Waals surface area contributed by atoms with Gasteiger partial charge in [0, 0.05) is 17.9 Å². The van der Waals surface area contributed by atoms with Gasteiger partial charge in [-0.1, -0.05) is 29.8 Å². The average molecular weight is 561 g/mol. The van der Waals surface area contributed by atoms with Crippen molar-refractivity contribution in [3.05, 3.63) is 80.5 Å². The molecule has 2 aromatic rings. The number of carbonyl (C=O) groups excluding carboxylic acids is 3. The highest BCUT2D eigenvalue weighted by molar-refractivity contribution is 6.09. The minimum absolute atomic E-state index is 0.0666. The van der Waals surface area contributed by atoms with E-state index in [1.165, 1.54) is 0 Å². The third kappa shape index (κ3) is 6.12. The Morgan fingerprint density at radius 3 is 2.34 bits per heavy atom. The minimum atomic E-state index is -0.954. The number of aryl methyl sites for hydroxylation is 3. The molecule has 2 aromatic carbocycles. The predicted octanol–water partition coefficient (Wildman–Crippen LogP) is 5.49. The molecule has 1 amide bonds. The van der Waals surface area contributed by atoms with E-state index in [0.717, 1.165) is 22.3 Å². The molecule has 3 atom stereocenters. The van der Waals surface area contributed by atoms with Gasteiger partial charge in [-0.05, 0) is 89.3 Å². The standard InChI is InChI=1S/C33H40N2O6/c1-9-39-31(37)29-24(16-40-33(6,7)8)35-23-15-25(26-18(3)13-17(2)14-19(26)4)41-32(38)28(23)27(29)21-11-10-12-22(20(21)5)30(34)36/h10-14,25,27,29H,9,15-16H2,1-8H3,(H2,34,36). The number of aliphatic imine (C=N–C) groups is 1. The van der Waals surface area contributed by atoms with Crippen molar-refractivity contribution in [2.45, 2.75) is 79.4 Å². The highest BCUT2D eigenvalue weighted by Gasteiger charge is 2.48. The van der Waals surface area contributed by atoms with Gasteiger partial charge in [-0.2, -0.15) is 0 Å². The summed E-state index contributed by atoms with van der Waals surface area (Å²) >= 11 is 0. The van der Waals surface area contributed by atoms with Crippen LogP contribution in [0.5, 0.6) is 0 Å². The quantitative estimate of drug-likeness (QED) is 0.447. The topological polar surface area (TPSA) is 117 Å². The molecule has 41 heavy (non-hydrogen) atoms. The van der Waals surface area contributed by atoms with Gasteiger partial charge >= 0.3 is 11.9 Å². The number of nitrogens with zero attached hydrogens (tertiary/aromatic N) is 1. The maximum absolute atomic E-state index is 13.9. The summed E-state index contributed by atoms with van der Waals surface area (Å²) in [7, 11) is 0. The van der Waals surface area contributed by atoms with E-state index >= 15 is 0 Å². The number of hydrogen-bond acceptors (Lipinski definition) is 7. The molecule has 8 nitrogen and oxygen atoms in total. The number of esters is 2. The second-order valence-corrected chi connectivity index (χ2v) is 11.9. The SMILES string of the molecule is CCOC(=O)C1C(COC(C)(C)C)=NC2=C(C(=O)OC(c3c(C)cc(C)cc3C)C2)C1c1cccc(C(N)=O)c1C. The van der Waals surface area contributed by atoms with E-state index in [1.54, 1.807) is 26.0 Å². The van der Waals surface area contributed by atoms with Gasteiger partial charge in [0.05, 0.1) is 35.8 Å². The van der Waals surface area contributed by atoms with Gasteiger partial charge in [-0.3, -0.25) is 14.6 Å². The summed E-state index contributed by atoms with van der Waals surface area (Å²) in [6.45, 7) is 15.6. The zero-order chi connectivity index (χ0) is 30.2. The molecular weight excluding hydrogens is 520 g/mol. The molecular formula is C33H40N2O6. The Labute approximate surface area is 242 Å². The molecule has 218 valence electrons. The lowest BCUT2D eigenvalue weighted by molar-refractivity contribution is -0.148. The second kappa shape index (κ2) is 11.6. The Kier molecular flexibility index (Phi) is 8.54. The molecule has 0 saturated carbocycles. The fourth-order valence-corrected chi connectivity index (χ4v) is 6.02. The molecule has 0 aliphatic carbocycles. The number of primary amides is 1. The molecule has 2 aliphatic heterocycles. The van der Waals surface area contributed by atoms with Crippen LogP contribution in [-0.2, 0) is 23.8 Å². The third-order valence-corrected chi connectivity index (χ3v) is 7.67. The van der Waals surface area contributed by atoms with Crippen molar-refractivity contribution in [2.24, 2.45) is 16.6 Å². The lowest BCUT2D eigenvalue weighted by Gasteiger charge is -2.38. The molecule has 0 radical (unpaired) electrons. The highest BCUT2D eigenvalue weighted by Crippen LogP contribution is 2.47.